The van der Waals surface area contributed by atoms with E-state index in [1.807, 2.05) is 0 Å². The Kier molecular flexibility index (Phi) is 18.6. The van der Waals surface area contributed by atoms with E-state index in [9.17, 15) is 0 Å². The standard InChI is InChI=1S/C69H43N.C69H45N/c1-2-16-46(17-3-1)67-56-22-4-6-24-58(56)68(59-25-7-5-23-57(59)67)47-34-38-50(39-35-47)70-65-29-15-11-21-55(65)60-42-48(37-41-66(60)70)44-30-32-45(33-31-44)49-36-40-54-53-20-10-14-28-63(53)69(64(54)43-49)61-26-12-8-18-51(61)52-19-9-13-27-62(52)69;1-4-18-48(19-5-1)67-58-26-10-12-28-60(58)68(61-29-13-11-27-59(61)67)49-36-40-54(41-37-49)70-65-31-17-15-25-57(65)62-44-50(39-43-66(62)70)46-32-34-47(35-33-46)51-38-42-56-55-24-14-16-30-63(55)69(64(56)45-51,52-20-6-2-7-21-52)53-22-8-3-9-23-53/h1-43H;1-45H. The fraction of sp³-hybridized carbons (Fsp3) is 0.0145. The number of hydrogen-bond acceptors (Lipinski definition) is 0. The van der Waals surface area contributed by atoms with Gasteiger partial charge in [0.1, 0.15) is 0 Å². The molecule has 0 saturated carbocycles. The van der Waals surface area contributed by atoms with Crippen molar-refractivity contribution in [2.45, 2.75) is 10.8 Å². The summed E-state index contributed by atoms with van der Waals surface area (Å²) in [6, 6.07) is 198. The van der Waals surface area contributed by atoms with E-state index in [0.29, 0.717) is 0 Å². The van der Waals surface area contributed by atoms with Crippen molar-refractivity contribution in [3.05, 3.63) is 578 Å². The molecule has 29 rings (SSSR count). The Labute approximate surface area is 812 Å². The summed E-state index contributed by atoms with van der Waals surface area (Å²) in [5.41, 5.74) is 44.5. The molecule has 0 atom stereocenters. The van der Waals surface area contributed by atoms with Crippen molar-refractivity contribution in [1.29, 1.82) is 0 Å². The van der Waals surface area contributed by atoms with Crippen LogP contribution >= 0.6 is 0 Å². The molecule has 3 aliphatic rings. The van der Waals surface area contributed by atoms with Gasteiger partial charge in [0.2, 0.25) is 0 Å². The van der Waals surface area contributed by atoms with Gasteiger partial charge in [0.25, 0.3) is 0 Å². The first-order valence-electron chi connectivity index (χ1n) is 48.7. The van der Waals surface area contributed by atoms with E-state index in [4.69, 9.17) is 0 Å². The third-order valence-corrected chi connectivity index (χ3v) is 30.7. The zero-order valence-electron chi connectivity index (χ0n) is 76.7. The molecule has 0 N–H and O–H groups in total. The first kappa shape index (κ1) is 80.4. The smallest absolute Gasteiger partial charge is 0.0725 e. The van der Waals surface area contributed by atoms with Crippen molar-refractivity contribution in [3.8, 4) is 134 Å². The monoisotopic (exact) mass is 1770 g/mol. The van der Waals surface area contributed by atoms with Crippen LogP contribution in [0, 0.1) is 0 Å². The van der Waals surface area contributed by atoms with Gasteiger partial charge in [-0.15, -0.1) is 0 Å². The van der Waals surface area contributed by atoms with E-state index < -0.39 is 5.41 Å². The van der Waals surface area contributed by atoms with Gasteiger partial charge in [-0.2, -0.15) is 0 Å². The third-order valence-electron chi connectivity index (χ3n) is 30.7. The van der Waals surface area contributed by atoms with Crippen LogP contribution in [0.3, 0.4) is 0 Å². The highest BCUT2D eigenvalue weighted by molar-refractivity contribution is 6.24. The van der Waals surface area contributed by atoms with Gasteiger partial charge in [-0.25, -0.2) is 0 Å². The molecule has 0 radical (unpaired) electrons. The molecule has 2 heteroatoms. The van der Waals surface area contributed by atoms with Crippen molar-refractivity contribution >= 4 is 86.7 Å². The van der Waals surface area contributed by atoms with Gasteiger partial charge in [0, 0.05) is 32.9 Å². The highest BCUT2D eigenvalue weighted by Crippen LogP contribution is 2.64. The minimum Gasteiger partial charge on any atom is -0.309 e. The fourth-order valence-electron chi connectivity index (χ4n) is 24.7. The molecule has 0 bridgehead atoms. The number of fused-ring (bicyclic) bond motifs is 23. The van der Waals surface area contributed by atoms with E-state index >= 15 is 0 Å². The summed E-state index contributed by atoms with van der Waals surface area (Å²) in [5, 5.41) is 15.1. The van der Waals surface area contributed by atoms with Gasteiger partial charge in [0.05, 0.1) is 32.9 Å². The molecule has 0 aliphatic heterocycles. The minimum atomic E-state index is -0.431. The summed E-state index contributed by atoms with van der Waals surface area (Å²) in [6.07, 6.45) is 0. The molecule has 3 aliphatic carbocycles. The molecular weight excluding hydrogens is 1690 g/mol. The number of rotatable bonds is 12. The molecular formula is C138H88N2. The average Bonchev–Trinajstić information content (AvgIpc) is 1.51. The predicted molar refractivity (Wildman–Crippen MR) is 589 cm³/mol. The summed E-state index contributed by atoms with van der Waals surface area (Å²) in [6.45, 7) is 0. The number of aromatic nitrogens is 2. The Balaban J connectivity index is 0.000000137. The molecule has 24 aromatic carbocycles. The van der Waals surface area contributed by atoms with Gasteiger partial charge in [0.15, 0.2) is 0 Å². The van der Waals surface area contributed by atoms with Crippen LogP contribution in [0.1, 0.15) is 44.5 Å². The predicted octanol–water partition coefficient (Wildman–Crippen LogP) is 36.2. The lowest BCUT2D eigenvalue weighted by molar-refractivity contribution is 0.769. The van der Waals surface area contributed by atoms with Crippen molar-refractivity contribution in [1.82, 2.24) is 9.13 Å². The zero-order chi connectivity index (χ0) is 92.1. The number of hydrogen-bond donors (Lipinski definition) is 0. The molecule has 1 spiro atoms. The fourth-order valence-corrected chi connectivity index (χ4v) is 24.7. The number of benzene rings is 24. The van der Waals surface area contributed by atoms with Gasteiger partial charge in [-0.3, -0.25) is 0 Å². The summed E-state index contributed by atoms with van der Waals surface area (Å²) in [5.74, 6) is 0. The summed E-state index contributed by atoms with van der Waals surface area (Å²) < 4.78 is 4.85. The molecule has 650 valence electrons. The van der Waals surface area contributed by atoms with E-state index in [2.05, 4.69) is 543 Å². The van der Waals surface area contributed by atoms with E-state index in [1.165, 1.54) is 254 Å². The summed E-state index contributed by atoms with van der Waals surface area (Å²) in [7, 11) is 0. The van der Waals surface area contributed by atoms with Gasteiger partial charge < -0.3 is 9.13 Å². The lowest BCUT2D eigenvalue weighted by Crippen LogP contribution is -2.28. The molecule has 26 aromatic rings. The van der Waals surface area contributed by atoms with Gasteiger partial charge in [-0.05, 0) is 283 Å². The van der Waals surface area contributed by atoms with Crippen molar-refractivity contribution in [2.24, 2.45) is 0 Å². The molecule has 140 heavy (non-hydrogen) atoms. The first-order valence-corrected chi connectivity index (χ1v) is 48.7. The van der Waals surface area contributed by atoms with Crippen LogP contribution in [-0.4, -0.2) is 9.13 Å². The van der Waals surface area contributed by atoms with E-state index in [1.54, 1.807) is 0 Å². The van der Waals surface area contributed by atoms with Crippen molar-refractivity contribution in [2.75, 3.05) is 0 Å². The molecule has 2 heterocycles. The van der Waals surface area contributed by atoms with E-state index in [-0.39, 0.29) is 5.41 Å². The van der Waals surface area contributed by atoms with Crippen LogP contribution in [0.5, 0.6) is 0 Å². The Morgan fingerprint density at radius 2 is 0.336 bits per heavy atom. The summed E-state index contributed by atoms with van der Waals surface area (Å²) in [4.78, 5) is 0. The summed E-state index contributed by atoms with van der Waals surface area (Å²) >= 11 is 0. The Morgan fingerprint density at radius 1 is 0.121 bits per heavy atom. The molecule has 0 unspecified atom stereocenters. The van der Waals surface area contributed by atoms with Crippen LogP contribution in [0.25, 0.3) is 220 Å². The van der Waals surface area contributed by atoms with Gasteiger partial charge >= 0.3 is 0 Å². The van der Waals surface area contributed by atoms with Crippen LogP contribution in [-0.2, 0) is 10.8 Å². The second kappa shape index (κ2) is 32.3. The largest absolute Gasteiger partial charge is 0.309 e. The maximum absolute atomic E-state index is 2.47. The Bertz CT molecular complexity index is 8810. The second-order valence-corrected chi connectivity index (χ2v) is 37.8. The topological polar surface area (TPSA) is 9.86 Å². The Morgan fingerprint density at radius 3 is 0.657 bits per heavy atom. The van der Waals surface area contributed by atoms with Crippen LogP contribution in [0.4, 0.5) is 0 Å². The number of para-hydroxylation sites is 2. The van der Waals surface area contributed by atoms with Crippen LogP contribution in [0.15, 0.2) is 534 Å². The van der Waals surface area contributed by atoms with Gasteiger partial charge in [-0.1, -0.05) is 461 Å². The maximum Gasteiger partial charge on any atom is 0.0725 e. The minimum absolute atomic E-state index is 0.357. The first-order chi connectivity index (χ1) is 69.5. The molecule has 2 aromatic heterocycles. The molecule has 2 nitrogen and oxygen atoms in total. The molecule has 0 amide bonds. The molecule has 0 saturated heterocycles. The highest BCUT2D eigenvalue weighted by atomic mass is 15.0. The van der Waals surface area contributed by atoms with Crippen LogP contribution < -0.4 is 0 Å². The quantitative estimate of drug-likeness (QED) is 0.108. The highest BCUT2D eigenvalue weighted by Gasteiger charge is 2.52. The zero-order valence-corrected chi connectivity index (χ0v) is 76.7. The van der Waals surface area contributed by atoms with Crippen molar-refractivity contribution < 1.29 is 0 Å². The maximum atomic E-state index is 2.47. The lowest BCUT2D eigenvalue weighted by Gasteiger charge is -2.34. The van der Waals surface area contributed by atoms with Crippen LogP contribution in [0.2, 0.25) is 0 Å². The Hall–Kier alpha value is -18.1. The number of nitrogens with zero attached hydrogens (tertiary/aromatic N) is 2. The third kappa shape index (κ3) is 12.3. The van der Waals surface area contributed by atoms with Crippen molar-refractivity contribution in [3.63, 3.8) is 0 Å². The average molecular weight is 1770 g/mol. The van der Waals surface area contributed by atoms with E-state index in [0.717, 1.165) is 11.4 Å². The normalized spacial score (nSPS) is 12.8. The second-order valence-electron chi connectivity index (χ2n) is 37.8. The molecule has 0 fully saturated rings. The lowest BCUT2D eigenvalue weighted by atomic mass is 9.67. The SMILES string of the molecule is c1ccc(-c2c3ccccc3c(-c3ccc(-n4c5ccccc5c5cc(-c6ccc(-c7ccc8c(c7)C(c7ccccc7)(c7ccccc7)c7ccccc7-8)cc6)ccc54)cc3)c3ccccc23)cc1.c1ccc(-c2c3ccccc3c(-c3ccc(-n4c5ccccc5c5cc(-c6ccc(-c7ccc8c(c7)C7(c9ccccc9-c9ccccc97)c7ccccc7-8)cc6)ccc54)cc3)c3ccccc23)cc1.